The summed E-state index contributed by atoms with van der Waals surface area (Å²) in [6.45, 7) is 3.90. The summed E-state index contributed by atoms with van der Waals surface area (Å²) in [6, 6.07) is 19.4. The number of hydrogen-bond acceptors (Lipinski definition) is 3. The third-order valence-electron chi connectivity index (χ3n) is 4.59. The van der Waals surface area contributed by atoms with E-state index in [1.807, 2.05) is 19.1 Å². The van der Waals surface area contributed by atoms with Gasteiger partial charge in [-0.2, -0.15) is 0 Å². The quantitative estimate of drug-likeness (QED) is 0.617. The van der Waals surface area contributed by atoms with Crippen molar-refractivity contribution >= 4 is 34.0 Å². The minimum absolute atomic E-state index is 0.0369. The van der Waals surface area contributed by atoms with E-state index < -0.39 is 0 Å². The molecule has 3 aromatic rings. The molecule has 1 amide bonds. The highest BCUT2D eigenvalue weighted by molar-refractivity contribution is 6.32. The molecule has 3 aromatic carbocycles. The molecule has 2 unspecified atom stereocenters. The predicted molar refractivity (Wildman–Crippen MR) is 112 cm³/mol. The number of ether oxygens (including phenoxy) is 1. The maximum Gasteiger partial charge on any atom is 0.241 e. The molecular formula is C22H23ClN2O2. The van der Waals surface area contributed by atoms with Crippen LogP contribution in [-0.4, -0.2) is 19.1 Å². The van der Waals surface area contributed by atoms with Gasteiger partial charge in [-0.25, -0.2) is 0 Å². The van der Waals surface area contributed by atoms with Crippen LogP contribution in [-0.2, 0) is 4.79 Å². The highest BCUT2D eigenvalue weighted by Gasteiger charge is 2.17. The molecule has 2 atom stereocenters. The van der Waals surface area contributed by atoms with Crippen molar-refractivity contribution in [2.24, 2.45) is 0 Å². The molecule has 3 rings (SSSR count). The molecule has 0 radical (unpaired) electrons. The van der Waals surface area contributed by atoms with E-state index in [9.17, 15) is 4.79 Å². The van der Waals surface area contributed by atoms with Crippen LogP contribution in [0.1, 0.15) is 25.5 Å². The number of methoxy groups -OCH3 is 1. The van der Waals surface area contributed by atoms with Gasteiger partial charge in [-0.05, 0) is 54.4 Å². The molecule has 4 nitrogen and oxygen atoms in total. The number of anilines is 1. The lowest BCUT2D eigenvalue weighted by molar-refractivity contribution is -0.117. The summed E-state index contributed by atoms with van der Waals surface area (Å²) in [6.07, 6.45) is 0. The zero-order valence-corrected chi connectivity index (χ0v) is 16.4. The average molecular weight is 383 g/mol. The minimum Gasteiger partial charge on any atom is -0.495 e. The first-order valence-corrected chi connectivity index (χ1v) is 9.25. The summed E-state index contributed by atoms with van der Waals surface area (Å²) in [5.74, 6) is 0.453. The molecule has 2 N–H and O–H groups in total. The Hall–Kier alpha value is -2.56. The molecule has 0 aliphatic heterocycles. The van der Waals surface area contributed by atoms with Gasteiger partial charge in [0.2, 0.25) is 5.91 Å². The van der Waals surface area contributed by atoms with Gasteiger partial charge in [0.25, 0.3) is 0 Å². The smallest absolute Gasteiger partial charge is 0.241 e. The van der Waals surface area contributed by atoms with Crippen molar-refractivity contribution in [1.29, 1.82) is 0 Å². The van der Waals surface area contributed by atoms with Crippen LogP contribution in [0.25, 0.3) is 10.8 Å². The Morgan fingerprint density at radius 2 is 1.74 bits per heavy atom. The number of hydrogen-bond donors (Lipinski definition) is 2. The van der Waals surface area contributed by atoms with E-state index in [-0.39, 0.29) is 18.0 Å². The van der Waals surface area contributed by atoms with Crippen LogP contribution in [0.5, 0.6) is 5.75 Å². The highest BCUT2D eigenvalue weighted by Crippen LogP contribution is 2.27. The van der Waals surface area contributed by atoms with E-state index in [4.69, 9.17) is 16.3 Å². The van der Waals surface area contributed by atoms with E-state index in [1.54, 1.807) is 25.3 Å². The first kappa shape index (κ1) is 19.2. The highest BCUT2D eigenvalue weighted by atomic mass is 35.5. The predicted octanol–water partition coefficient (Wildman–Crippen LogP) is 5.18. The minimum atomic E-state index is -0.368. The van der Waals surface area contributed by atoms with Crippen LogP contribution in [0.3, 0.4) is 0 Å². The molecule has 0 bridgehead atoms. The molecule has 0 saturated carbocycles. The number of rotatable bonds is 6. The molecule has 0 aliphatic rings. The van der Waals surface area contributed by atoms with Crippen molar-refractivity contribution in [3.8, 4) is 5.75 Å². The number of amides is 1. The summed E-state index contributed by atoms with van der Waals surface area (Å²) >= 11 is 6.11. The van der Waals surface area contributed by atoms with Crippen LogP contribution < -0.4 is 15.4 Å². The Bertz CT molecular complexity index is 958. The molecule has 0 heterocycles. The lowest BCUT2D eigenvalue weighted by Crippen LogP contribution is -2.39. The zero-order chi connectivity index (χ0) is 19.4. The van der Waals surface area contributed by atoms with Gasteiger partial charge in [-0.15, -0.1) is 0 Å². The number of fused-ring (bicyclic) bond motifs is 1. The Morgan fingerprint density at radius 1 is 1.00 bits per heavy atom. The van der Waals surface area contributed by atoms with Crippen molar-refractivity contribution in [3.63, 3.8) is 0 Å². The van der Waals surface area contributed by atoms with Crippen LogP contribution >= 0.6 is 11.6 Å². The van der Waals surface area contributed by atoms with E-state index in [0.29, 0.717) is 16.5 Å². The maximum absolute atomic E-state index is 12.5. The summed E-state index contributed by atoms with van der Waals surface area (Å²) in [7, 11) is 1.56. The van der Waals surface area contributed by atoms with Crippen molar-refractivity contribution < 1.29 is 9.53 Å². The molecule has 0 saturated heterocycles. The van der Waals surface area contributed by atoms with Crippen LogP contribution in [0.15, 0.2) is 60.7 Å². The number of halogens is 1. The second kappa shape index (κ2) is 8.42. The molecule has 0 spiro atoms. The lowest BCUT2D eigenvalue weighted by atomic mass is 10.0. The van der Waals surface area contributed by atoms with Crippen molar-refractivity contribution in [1.82, 2.24) is 5.32 Å². The molecule has 0 fully saturated rings. The first-order valence-electron chi connectivity index (χ1n) is 8.87. The molecule has 140 valence electrons. The largest absolute Gasteiger partial charge is 0.495 e. The average Bonchev–Trinajstić information content (AvgIpc) is 2.67. The summed E-state index contributed by atoms with van der Waals surface area (Å²) in [4.78, 5) is 12.5. The zero-order valence-electron chi connectivity index (χ0n) is 15.6. The summed E-state index contributed by atoms with van der Waals surface area (Å²) in [5, 5.41) is 9.08. The summed E-state index contributed by atoms with van der Waals surface area (Å²) < 4.78 is 5.13. The van der Waals surface area contributed by atoms with Crippen molar-refractivity contribution in [2.45, 2.75) is 25.9 Å². The SMILES string of the molecule is COc1ccc(NC(=O)C(C)NC(C)c2ccc3ccccc3c2)cc1Cl. The molecule has 27 heavy (non-hydrogen) atoms. The van der Waals surface area contributed by atoms with Crippen LogP contribution in [0, 0.1) is 0 Å². The topological polar surface area (TPSA) is 50.4 Å². The van der Waals surface area contributed by atoms with Gasteiger partial charge in [-0.3, -0.25) is 10.1 Å². The Morgan fingerprint density at radius 3 is 2.44 bits per heavy atom. The normalized spacial score (nSPS) is 13.2. The van der Waals surface area contributed by atoms with Gasteiger partial charge in [0.1, 0.15) is 5.75 Å². The molecule has 0 aliphatic carbocycles. The number of benzene rings is 3. The fraction of sp³-hybridized carbons (Fsp3) is 0.227. The second-order valence-electron chi connectivity index (χ2n) is 6.56. The van der Waals surface area contributed by atoms with E-state index in [2.05, 4.69) is 47.9 Å². The van der Waals surface area contributed by atoms with E-state index >= 15 is 0 Å². The van der Waals surface area contributed by atoms with Gasteiger partial charge in [-0.1, -0.05) is 48.0 Å². The monoisotopic (exact) mass is 382 g/mol. The lowest BCUT2D eigenvalue weighted by Gasteiger charge is -2.20. The third-order valence-corrected chi connectivity index (χ3v) is 4.88. The fourth-order valence-corrected chi connectivity index (χ4v) is 3.28. The Balaban J connectivity index is 1.65. The van der Waals surface area contributed by atoms with Crippen molar-refractivity contribution in [3.05, 3.63) is 71.2 Å². The Kier molecular flexibility index (Phi) is 5.99. The van der Waals surface area contributed by atoms with Gasteiger partial charge in [0.05, 0.1) is 18.2 Å². The molecular weight excluding hydrogens is 360 g/mol. The van der Waals surface area contributed by atoms with Gasteiger partial charge >= 0.3 is 0 Å². The fourth-order valence-electron chi connectivity index (χ4n) is 3.02. The van der Waals surface area contributed by atoms with E-state index in [0.717, 1.165) is 5.56 Å². The number of carbonyl (C=O) groups excluding carboxylic acids is 1. The van der Waals surface area contributed by atoms with Gasteiger partial charge < -0.3 is 10.1 Å². The third kappa shape index (κ3) is 4.59. The Labute approximate surface area is 164 Å². The summed E-state index contributed by atoms with van der Waals surface area (Å²) in [5.41, 5.74) is 1.78. The molecule has 0 aromatic heterocycles. The maximum atomic E-state index is 12.5. The van der Waals surface area contributed by atoms with E-state index in [1.165, 1.54) is 10.8 Å². The van der Waals surface area contributed by atoms with Gasteiger partial charge in [0, 0.05) is 11.7 Å². The first-order chi connectivity index (χ1) is 13.0. The van der Waals surface area contributed by atoms with Crippen LogP contribution in [0.2, 0.25) is 5.02 Å². The number of carbonyl (C=O) groups is 1. The number of nitrogens with one attached hydrogen (secondary N) is 2. The van der Waals surface area contributed by atoms with Crippen molar-refractivity contribution in [2.75, 3.05) is 12.4 Å². The van der Waals surface area contributed by atoms with Gasteiger partial charge in [0.15, 0.2) is 0 Å². The van der Waals surface area contributed by atoms with Crippen LogP contribution in [0.4, 0.5) is 5.69 Å². The molecule has 5 heteroatoms. The second-order valence-corrected chi connectivity index (χ2v) is 6.96. The standard InChI is InChI=1S/C22H23ClN2O2/c1-14(17-9-8-16-6-4-5-7-18(16)12-17)24-15(2)22(26)25-19-10-11-21(27-3)20(23)13-19/h4-15,24H,1-3H3,(H,25,26).